The van der Waals surface area contributed by atoms with E-state index in [2.05, 4.69) is 5.32 Å². The van der Waals surface area contributed by atoms with Crippen LogP contribution in [0.1, 0.15) is 42.5 Å². The van der Waals surface area contributed by atoms with E-state index in [-0.39, 0.29) is 49.9 Å². The molecule has 1 fully saturated rings. The molecule has 1 heterocycles. The maximum absolute atomic E-state index is 14.6. The maximum Gasteiger partial charge on any atom is 0.250 e. The fraction of sp³-hybridized carbons (Fsp3) is 0.324. The maximum atomic E-state index is 14.6. The number of nitrogens with zero attached hydrogens (tertiary/aromatic N) is 2. The molecule has 5 rings (SSSR count). The number of aliphatic hydroxyl groups excluding tert-OH is 1. The van der Waals surface area contributed by atoms with Crippen LogP contribution in [0.4, 0.5) is 0 Å². The summed E-state index contributed by atoms with van der Waals surface area (Å²) in [5.74, 6) is -1.17. The Morgan fingerprint density at radius 2 is 1.70 bits per heavy atom. The minimum atomic E-state index is -0.990. The van der Waals surface area contributed by atoms with Gasteiger partial charge in [0.15, 0.2) is 0 Å². The van der Waals surface area contributed by atoms with Crippen LogP contribution in [0.5, 0.6) is 0 Å². The highest BCUT2D eigenvalue weighted by Gasteiger charge is 2.43. The molecule has 46 heavy (non-hydrogen) atoms. The zero-order valence-electron chi connectivity index (χ0n) is 26.0. The molecule has 0 radical (unpaired) electrons. The largest absolute Gasteiger partial charge is 0.395 e. The van der Waals surface area contributed by atoms with Crippen molar-refractivity contribution in [2.24, 2.45) is 5.73 Å². The fourth-order valence-electron chi connectivity index (χ4n) is 6.44. The van der Waals surface area contributed by atoms with Gasteiger partial charge in [-0.25, -0.2) is 0 Å². The number of aliphatic hydroxyl groups is 1. The average molecular weight is 641 g/mol. The first-order valence-corrected chi connectivity index (χ1v) is 16.2. The fourth-order valence-corrected chi connectivity index (χ4v) is 6.64. The smallest absolute Gasteiger partial charge is 0.250 e. The minimum absolute atomic E-state index is 0.0764. The molecule has 1 saturated heterocycles. The molecule has 1 aliphatic heterocycles. The third-order valence-electron chi connectivity index (χ3n) is 8.83. The summed E-state index contributed by atoms with van der Waals surface area (Å²) in [7, 11) is 0. The summed E-state index contributed by atoms with van der Waals surface area (Å²) in [6.45, 7) is 2.44. The molecule has 0 aromatic heterocycles. The predicted molar refractivity (Wildman–Crippen MR) is 181 cm³/mol. The van der Waals surface area contributed by atoms with Crippen LogP contribution in [-0.2, 0) is 27.2 Å². The van der Waals surface area contributed by atoms with Gasteiger partial charge in [0, 0.05) is 43.0 Å². The molecular weight excluding hydrogens is 600 g/mol. The molecule has 3 amide bonds. The standard InChI is InChI=1S/C37H41ClN4O4/c1-25-18-20-41(33(36(39)45)23-28-13-7-12-27-11-5-6-16-32(27)28)37(46)35(29-14-8-15-30(38)22-29)42(25)34(44)17-19-40-31(24-43)21-26-9-3-2-4-10-26/h2-16,22,25,31,33,35,40,43H,17-21,23-24H2,1H3,(H2,39,45)/t25?,31-,33?,35+/m0/s1. The topological polar surface area (TPSA) is 116 Å². The van der Waals surface area contributed by atoms with Gasteiger partial charge in [-0.05, 0) is 59.4 Å². The number of fused-ring (bicyclic) bond motifs is 1. The molecule has 0 spiro atoms. The van der Waals surface area contributed by atoms with Crippen molar-refractivity contribution in [3.63, 3.8) is 0 Å². The lowest BCUT2D eigenvalue weighted by Gasteiger charge is -2.36. The number of nitrogens with two attached hydrogens (primary N) is 1. The highest BCUT2D eigenvalue weighted by Crippen LogP contribution is 2.33. The number of primary amides is 1. The first kappa shape index (κ1) is 33.1. The van der Waals surface area contributed by atoms with Crippen LogP contribution in [0.2, 0.25) is 5.02 Å². The van der Waals surface area contributed by atoms with Crippen molar-refractivity contribution in [1.29, 1.82) is 0 Å². The van der Waals surface area contributed by atoms with E-state index in [1.807, 2.05) is 79.7 Å². The van der Waals surface area contributed by atoms with Gasteiger partial charge in [-0.15, -0.1) is 0 Å². The minimum Gasteiger partial charge on any atom is -0.395 e. The third-order valence-corrected chi connectivity index (χ3v) is 9.06. The lowest BCUT2D eigenvalue weighted by Crippen LogP contribution is -2.52. The average Bonchev–Trinajstić information content (AvgIpc) is 3.18. The summed E-state index contributed by atoms with van der Waals surface area (Å²) in [6, 6.07) is 28.2. The number of benzene rings is 4. The second-order valence-electron chi connectivity index (χ2n) is 12.0. The highest BCUT2D eigenvalue weighted by atomic mass is 35.5. The molecular formula is C37H41ClN4O4. The normalized spacial score (nSPS) is 18.3. The van der Waals surface area contributed by atoms with Crippen molar-refractivity contribution < 1.29 is 19.5 Å². The van der Waals surface area contributed by atoms with Crippen LogP contribution in [-0.4, -0.2) is 70.4 Å². The second kappa shape index (κ2) is 15.4. The zero-order valence-corrected chi connectivity index (χ0v) is 26.8. The Labute approximate surface area is 275 Å². The molecule has 4 aromatic rings. The number of hydrogen-bond donors (Lipinski definition) is 3. The summed E-state index contributed by atoms with van der Waals surface area (Å²) in [6.07, 6.45) is 1.46. The van der Waals surface area contributed by atoms with Gasteiger partial charge in [0.2, 0.25) is 11.8 Å². The summed E-state index contributed by atoms with van der Waals surface area (Å²) in [4.78, 5) is 44.8. The third kappa shape index (κ3) is 7.76. The number of rotatable bonds is 12. The van der Waals surface area contributed by atoms with E-state index < -0.39 is 18.0 Å². The van der Waals surface area contributed by atoms with Crippen LogP contribution in [0.15, 0.2) is 97.1 Å². The Balaban J connectivity index is 1.40. The van der Waals surface area contributed by atoms with E-state index in [1.54, 1.807) is 34.1 Å². The van der Waals surface area contributed by atoms with Gasteiger partial charge in [-0.3, -0.25) is 14.4 Å². The summed E-state index contributed by atoms with van der Waals surface area (Å²) < 4.78 is 0. The van der Waals surface area contributed by atoms with Crippen LogP contribution in [0.25, 0.3) is 10.8 Å². The molecule has 4 aromatic carbocycles. The van der Waals surface area contributed by atoms with Crippen LogP contribution >= 0.6 is 11.6 Å². The number of carbonyl (C=O) groups excluding carboxylic acids is 3. The molecule has 9 heteroatoms. The molecule has 0 bridgehead atoms. The van der Waals surface area contributed by atoms with Gasteiger partial charge in [0.05, 0.1) is 6.61 Å². The SMILES string of the molecule is CC1CCN(C(Cc2cccc3ccccc23)C(N)=O)C(=O)[C@@H](c2cccc(Cl)c2)N1C(=O)CCN[C@H](CO)Cc1ccccc1. The quantitative estimate of drug-likeness (QED) is 0.208. The monoisotopic (exact) mass is 640 g/mol. The highest BCUT2D eigenvalue weighted by molar-refractivity contribution is 6.30. The van der Waals surface area contributed by atoms with Crippen molar-refractivity contribution in [2.45, 2.75) is 56.8 Å². The van der Waals surface area contributed by atoms with Gasteiger partial charge in [0.25, 0.3) is 5.91 Å². The molecule has 0 aliphatic carbocycles. The van der Waals surface area contributed by atoms with Gasteiger partial charge < -0.3 is 26.0 Å². The van der Waals surface area contributed by atoms with Gasteiger partial charge in [-0.2, -0.15) is 0 Å². The van der Waals surface area contributed by atoms with Crippen molar-refractivity contribution in [3.05, 3.63) is 119 Å². The van der Waals surface area contributed by atoms with E-state index >= 15 is 0 Å². The first-order valence-electron chi connectivity index (χ1n) is 15.8. The zero-order chi connectivity index (χ0) is 32.6. The number of hydrogen-bond acceptors (Lipinski definition) is 5. The number of carbonyl (C=O) groups is 3. The van der Waals surface area contributed by atoms with Crippen molar-refractivity contribution >= 4 is 40.1 Å². The first-order chi connectivity index (χ1) is 22.3. The number of amides is 3. The lowest BCUT2D eigenvalue weighted by atomic mass is 9.96. The summed E-state index contributed by atoms with van der Waals surface area (Å²) >= 11 is 6.39. The van der Waals surface area contributed by atoms with Gasteiger partial charge in [0.1, 0.15) is 12.1 Å². The molecule has 4 N–H and O–H groups in total. The van der Waals surface area contributed by atoms with E-state index in [0.717, 1.165) is 21.9 Å². The van der Waals surface area contributed by atoms with Gasteiger partial charge >= 0.3 is 0 Å². The van der Waals surface area contributed by atoms with E-state index in [4.69, 9.17) is 17.3 Å². The lowest BCUT2D eigenvalue weighted by molar-refractivity contribution is -0.148. The van der Waals surface area contributed by atoms with Gasteiger partial charge in [-0.1, -0.05) is 96.5 Å². The molecule has 0 saturated carbocycles. The molecule has 2 unspecified atom stereocenters. The van der Waals surface area contributed by atoms with E-state index in [0.29, 0.717) is 30.0 Å². The molecule has 1 aliphatic rings. The predicted octanol–water partition coefficient (Wildman–Crippen LogP) is 4.66. The number of nitrogens with one attached hydrogen (secondary N) is 1. The van der Waals surface area contributed by atoms with Crippen molar-refractivity contribution in [1.82, 2.24) is 15.1 Å². The van der Waals surface area contributed by atoms with Crippen molar-refractivity contribution in [3.8, 4) is 0 Å². The Kier molecular flexibility index (Phi) is 11.1. The Hall–Kier alpha value is -4.24. The van der Waals surface area contributed by atoms with E-state index in [9.17, 15) is 19.5 Å². The summed E-state index contributed by atoms with van der Waals surface area (Å²) in [5, 5.41) is 15.7. The van der Waals surface area contributed by atoms with Crippen LogP contribution < -0.4 is 11.1 Å². The van der Waals surface area contributed by atoms with Crippen LogP contribution in [0.3, 0.4) is 0 Å². The molecule has 240 valence electrons. The number of halogens is 1. The molecule has 8 nitrogen and oxygen atoms in total. The van der Waals surface area contributed by atoms with Crippen LogP contribution in [0, 0.1) is 0 Å². The van der Waals surface area contributed by atoms with E-state index in [1.165, 1.54) is 0 Å². The Morgan fingerprint density at radius 1 is 0.978 bits per heavy atom. The Morgan fingerprint density at radius 3 is 2.43 bits per heavy atom. The molecule has 4 atom stereocenters. The second-order valence-corrected chi connectivity index (χ2v) is 12.4. The van der Waals surface area contributed by atoms with Crippen molar-refractivity contribution in [2.75, 3.05) is 19.7 Å². The summed E-state index contributed by atoms with van der Waals surface area (Å²) in [5.41, 5.74) is 8.58. The Bertz CT molecular complexity index is 1660.